The number of benzene rings is 1. The Bertz CT molecular complexity index is 405. The highest BCUT2D eigenvalue weighted by Gasteiger charge is 2.23. The number of rotatable bonds is 5. The highest BCUT2D eigenvalue weighted by molar-refractivity contribution is 9.10. The molecule has 0 aromatic heterocycles. The van der Waals surface area contributed by atoms with Crippen LogP contribution < -0.4 is 0 Å². The monoisotopic (exact) mass is 368 g/mol. The second-order valence-electron chi connectivity index (χ2n) is 5.89. The van der Waals surface area contributed by atoms with Crippen molar-refractivity contribution in [2.24, 2.45) is 0 Å². The van der Waals surface area contributed by atoms with E-state index in [0.717, 1.165) is 0 Å². The number of hydrogen-bond donors (Lipinski definition) is 0. The van der Waals surface area contributed by atoms with Crippen molar-refractivity contribution in [1.82, 2.24) is 0 Å². The Hall–Kier alpha value is 0.613. The second-order valence-corrected chi connectivity index (χ2v) is 10.2. The zero-order valence-electron chi connectivity index (χ0n) is 11.8. The minimum Gasteiger partial charge on any atom is -0.206 e. The van der Waals surface area contributed by atoms with E-state index < -0.39 is 8.80 Å². The van der Waals surface area contributed by atoms with Crippen LogP contribution in [0.15, 0.2) is 22.7 Å². The molecule has 0 saturated carbocycles. The van der Waals surface area contributed by atoms with Crippen molar-refractivity contribution < 1.29 is 4.39 Å². The van der Waals surface area contributed by atoms with Crippen molar-refractivity contribution in [2.45, 2.75) is 63.1 Å². The van der Waals surface area contributed by atoms with E-state index in [0.29, 0.717) is 10.4 Å². The maximum atomic E-state index is 13.6. The molecule has 0 aliphatic carbocycles. The Balaban J connectivity index is 0.00000200. The van der Waals surface area contributed by atoms with E-state index in [-0.39, 0.29) is 28.9 Å². The molecule has 0 atom stereocenters. The highest BCUT2D eigenvalue weighted by atomic mass is 79.9. The molecular weight excluding hydrogens is 343 g/mol. The summed E-state index contributed by atoms with van der Waals surface area (Å²) in [5.41, 5.74) is 1.21. The molecule has 0 radical (unpaired) electrons. The van der Waals surface area contributed by atoms with Crippen molar-refractivity contribution in [3.63, 3.8) is 0 Å². The summed E-state index contributed by atoms with van der Waals surface area (Å²) in [6.45, 7) is 2.28. The summed E-state index contributed by atoms with van der Waals surface area (Å²) in [7, 11) is -0.445. The van der Waals surface area contributed by atoms with Crippen LogP contribution in [-0.2, 0) is 0 Å². The van der Waals surface area contributed by atoms with Gasteiger partial charge in [0.25, 0.3) is 0 Å². The Morgan fingerprint density at radius 2 is 1.95 bits per heavy atom. The van der Waals surface area contributed by atoms with Gasteiger partial charge in [0.1, 0.15) is 5.82 Å². The van der Waals surface area contributed by atoms with Gasteiger partial charge in [-0.25, -0.2) is 4.39 Å². The molecule has 1 fully saturated rings. The van der Waals surface area contributed by atoms with Gasteiger partial charge in [-0.2, -0.15) is 0 Å². The minimum absolute atomic E-state index is 0. The van der Waals surface area contributed by atoms with Gasteiger partial charge in [0.2, 0.25) is 0 Å². The highest BCUT2D eigenvalue weighted by Crippen LogP contribution is 2.36. The maximum absolute atomic E-state index is 13.6. The summed E-state index contributed by atoms with van der Waals surface area (Å²) in [4.78, 5) is 0. The molecule has 0 bridgehead atoms. The van der Waals surface area contributed by atoms with Crippen LogP contribution in [0.25, 0.3) is 0 Å². The minimum atomic E-state index is -0.445. The molecular formula is C16H26BrFMgSi. The Morgan fingerprint density at radius 3 is 2.55 bits per heavy atom. The first-order valence-corrected chi connectivity index (χ1v) is 10.9. The van der Waals surface area contributed by atoms with Crippen molar-refractivity contribution in [3.05, 3.63) is 34.1 Å². The lowest BCUT2D eigenvalue weighted by Gasteiger charge is -2.28. The predicted molar refractivity (Wildman–Crippen MR) is 95.7 cm³/mol. The van der Waals surface area contributed by atoms with E-state index in [1.807, 2.05) is 6.07 Å². The number of halogens is 2. The molecule has 1 aromatic rings. The van der Waals surface area contributed by atoms with Crippen LogP contribution in [0.5, 0.6) is 0 Å². The van der Waals surface area contributed by atoms with Crippen LogP contribution in [-0.4, -0.2) is 31.8 Å². The van der Waals surface area contributed by atoms with Crippen LogP contribution in [0.2, 0.25) is 18.1 Å². The Kier molecular flexibility index (Phi) is 8.95. The topological polar surface area (TPSA) is 0 Å². The maximum Gasteiger partial charge on any atom is 0.316 e. The standard InChI is InChI=1S/C16H24BrFSi.Mg.2H/c1-2-3-4-9-19-10-7-13(8-11-19)14-5-6-15(17)16(18)12-14;;;/h5-6,12-13,19H,2-4,7-11H2,1H3;;;. The summed E-state index contributed by atoms with van der Waals surface area (Å²) in [5.74, 6) is 0.498. The van der Waals surface area contributed by atoms with Gasteiger partial charge < -0.3 is 0 Å². The first kappa shape index (κ1) is 18.7. The van der Waals surface area contributed by atoms with Gasteiger partial charge in [-0.15, -0.1) is 0 Å². The molecule has 1 aliphatic heterocycles. The van der Waals surface area contributed by atoms with E-state index in [1.54, 1.807) is 6.07 Å². The molecule has 1 heterocycles. The summed E-state index contributed by atoms with van der Waals surface area (Å²) in [6.07, 6.45) is 6.78. The average molecular weight is 370 g/mol. The van der Waals surface area contributed by atoms with Gasteiger partial charge in [0, 0.05) is 8.80 Å². The smallest absolute Gasteiger partial charge is 0.206 e. The Labute approximate surface area is 148 Å². The summed E-state index contributed by atoms with van der Waals surface area (Å²) in [5, 5.41) is 0. The lowest BCUT2D eigenvalue weighted by molar-refractivity contribution is 0.584. The van der Waals surface area contributed by atoms with Crippen LogP contribution >= 0.6 is 15.9 Å². The third kappa shape index (κ3) is 5.43. The normalized spacial score (nSPS) is 22.4. The fourth-order valence-corrected chi connectivity index (χ4v) is 6.96. The van der Waals surface area contributed by atoms with Gasteiger partial charge in [-0.05, 0) is 52.4 Å². The molecule has 1 saturated heterocycles. The van der Waals surface area contributed by atoms with Crippen LogP contribution in [0.4, 0.5) is 4.39 Å². The lowest BCUT2D eigenvalue weighted by atomic mass is 9.93. The largest absolute Gasteiger partial charge is 0.316 e. The van der Waals surface area contributed by atoms with Crippen molar-refractivity contribution in [2.75, 3.05) is 0 Å². The van der Waals surface area contributed by atoms with Crippen LogP contribution in [0.3, 0.4) is 0 Å². The molecule has 1 aliphatic rings. The number of unbranched alkanes of at least 4 members (excludes halogenated alkanes) is 2. The van der Waals surface area contributed by atoms with Gasteiger partial charge in [0.05, 0.1) is 4.47 Å². The third-order valence-corrected chi connectivity index (χ3v) is 8.65. The average Bonchev–Trinajstić information content (AvgIpc) is 2.43. The first-order chi connectivity index (χ1) is 9.20. The molecule has 0 amide bonds. The van der Waals surface area contributed by atoms with E-state index in [4.69, 9.17) is 0 Å². The predicted octanol–water partition coefficient (Wildman–Crippen LogP) is 4.97. The molecule has 1 aromatic carbocycles. The first-order valence-electron chi connectivity index (χ1n) is 7.65. The van der Waals surface area contributed by atoms with Gasteiger partial charge in [-0.3, -0.25) is 0 Å². The van der Waals surface area contributed by atoms with Gasteiger partial charge in [0.15, 0.2) is 0 Å². The molecule has 4 heteroatoms. The van der Waals surface area contributed by atoms with Crippen molar-refractivity contribution in [3.8, 4) is 0 Å². The molecule has 0 N–H and O–H groups in total. The SMILES string of the molecule is CCCCC[SiH]1CCC(c2ccc(Br)c(F)c2)CC1.[MgH2]. The molecule has 0 unspecified atom stereocenters. The van der Waals surface area contributed by atoms with E-state index in [2.05, 4.69) is 28.9 Å². The van der Waals surface area contributed by atoms with Crippen molar-refractivity contribution in [1.29, 1.82) is 0 Å². The number of hydrogen-bond acceptors (Lipinski definition) is 0. The quantitative estimate of drug-likeness (QED) is 0.508. The summed E-state index contributed by atoms with van der Waals surface area (Å²) in [6, 6.07) is 10.1. The summed E-state index contributed by atoms with van der Waals surface area (Å²) < 4.78 is 14.2. The molecule has 0 nitrogen and oxygen atoms in total. The molecule has 20 heavy (non-hydrogen) atoms. The fraction of sp³-hybridized carbons (Fsp3) is 0.625. The fourth-order valence-electron chi connectivity index (χ4n) is 3.23. The Morgan fingerprint density at radius 1 is 1.25 bits per heavy atom. The van der Waals surface area contributed by atoms with Crippen LogP contribution in [0, 0.1) is 5.82 Å². The van der Waals surface area contributed by atoms with E-state index in [9.17, 15) is 4.39 Å². The molecule has 110 valence electrons. The van der Waals surface area contributed by atoms with Gasteiger partial charge in [-0.1, -0.05) is 50.4 Å². The lowest BCUT2D eigenvalue weighted by Crippen LogP contribution is -2.20. The van der Waals surface area contributed by atoms with E-state index in [1.165, 1.54) is 55.8 Å². The molecule has 0 spiro atoms. The zero-order valence-corrected chi connectivity index (χ0v) is 14.5. The van der Waals surface area contributed by atoms with Crippen LogP contribution in [0.1, 0.15) is 50.5 Å². The zero-order chi connectivity index (χ0) is 13.7. The summed E-state index contributed by atoms with van der Waals surface area (Å²) >= 11 is 3.23. The van der Waals surface area contributed by atoms with Gasteiger partial charge >= 0.3 is 23.1 Å². The van der Waals surface area contributed by atoms with E-state index >= 15 is 0 Å². The van der Waals surface area contributed by atoms with Crippen molar-refractivity contribution >= 4 is 47.8 Å². The third-order valence-electron chi connectivity index (χ3n) is 4.48. The second kappa shape index (κ2) is 9.59. The molecule has 2 rings (SSSR count).